The summed E-state index contributed by atoms with van der Waals surface area (Å²) in [6, 6.07) is 6.87. The molecule has 1 heterocycles. The largest absolute Gasteiger partial charge is 0.384 e. The van der Waals surface area contributed by atoms with E-state index in [-0.39, 0.29) is 0 Å². The molecule has 0 radical (unpaired) electrons. The van der Waals surface area contributed by atoms with Gasteiger partial charge in [-0.3, -0.25) is 0 Å². The summed E-state index contributed by atoms with van der Waals surface area (Å²) < 4.78 is 0. The van der Waals surface area contributed by atoms with Crippen LogP contribution in [0.1, 0.15) is 5.82 Å². The van der Waals surface area contributed by atoms with Crippen molar-refractivity contribution in [1.29, 1.82) is 0 Å². The summed E-state index contributed by atoms with van der Waals surface area (Å²) in [6.07, 6.45) is 1.61. The number of hydrogen-bond donors (Lipinski definition) is 2. The standard InChI is InChI=1S/C11H10Cl2N4/c12-7-1-2-9(8(13)5-7)16-6-11-15-4-3-10(14)17-11/h1-5,16H,6H2,(H2,14,15,17). The number of nitrogens with one attached hydrogen (secondary N) is 1. The maximum atomic E-state index is 6.01. The Balaban J connectivity index is 2.07. The molecule has 4 nitrogen and oxygen atoms in total. The molecule has 2 aromatic rings. The molecule has 0 fully saturated rings. The van der Waals surface area contributed by atoms with Crippen LogP contribution >= 0.6 is 23.2 Å². The van der Waals surface area contributed by atoms with Crippen molar-refractivity contribution in [1.82, 2.24) is 9.97 Å². The van der Waals surface area contributed by atoms with Gasteiger partial charge in [-0.1, -0.05) is 23.2 Å². The average molecular weight is 269 g/mol. The minimum Gasteiger partial charge on any atom is -0.384 e. The lowest BCUT2D eigenvalue weighted by Gasteiger charge is -2.07. The first-order valence-corrected chi connectivity index (χ1v) is 5.67. The minimum atomic E-state index is 0.444. The third kappa shape index (κ3) is 3.22. The van der Waals surface area contributed by atoms with Crippen LogP contribution < -0.4 is 11.1 Å². The van der Waals surface area contributed by atoms with Gasteiger partial charge in [0.15, 0.2) is 0 Å². The molecule has 0 spiro atoms. The topological polar surface area (TPSA) is 63.8 Å². The molecule has 0 aliphatic rings. The first-order valence-electron chi connectivity index (χ1n) is 4.91. The Morgan fingerprint density at radius 1 is 1.24 bits per heavy atom. The third-order valence-electron chi connectivity index (χ3n) is 2.10. The van der Waals surface area contributed by atoms with E-state index in [2.05, 4.69) is 15.3 Å². The number of nitrogen functional groups attached to an aromatic ring is 1. The van der Waals surface area contributed by atoms with Gasteiger partial charge in [0.1, 0.15) is 11.6 Å². The predicted molar refractivity (Wildman–Crippen MR) is 70.2 cm³/mol. The van der Waals surface area contributed by atoms with Gasteiger partial charge in [0.05, 0.1) is 17.3 Å². The van der Waals surface area contributed by atoms with Crippen LogP contribution in [0.4, 0.5) is 11.5 Å². The molecule has 1 aromatic carbocycles. The second-order valence-electron chi connectivity index (χ2n) is 3.38. The molecule has 0 aliphatic carbocycles. The molecule has 88 valence electrons. The summed E-state index contributed by atoms with van der Waals surface area (Å²) >= 11 is 11.8. The Bertz CT molecular complexity index is 531. The van der Waals surface area contributed by atoms with E-state index >= 15 is 0 Å². The van der Waals surface area contributed by atoms with Gasteiger partial charge in [0.25, 0.3) is 0 Å². The lowest BCUT2D eigenvalue weighted by Crippen LogP contribution is -2.05. The van der Waals surface area contributed by atoms with Crippen LogP contribution in [0, 0.1) is 0 Å². The second-order valence-corrected chi connectivity index (χ2v) is 4.22. The highest BCUT2D eigenvalue weighted by molar-refractivity contribution is 6.36. The number of hydrogen-bond acceptors (Lipinski definition) is 4. The average Bonchev–Trinajstić information content (AvgIpc) is 2.28. The highest BCUT2D eigenvalue weighted by atomic mass is 35.5. The number of aromatic nitrogens is 2. The molecule has 3 N–H and O–H groups in total. The SMILES string of the molecule is Nc1ccnc(CNc2ccc(Cl)cc2Cl)n1. The Morgan fingerprint density at radius 2 is 2.06 bits per heavy atom. The van der Waals surface area contributed by atoms with Crippen LogP contribution in [0.2, 0.25) is 10.0 Å². The second kappa shape index (κ2) is 5.21. The van der Waals surface area contributed by atoms with Crippen LogP contribution in [0.25, 0.3) is 0 Å². The molecule has 0 amide bonds. The smallest absolute Gasteiger partial charge is 0.149 e. The molecular weight excluding hydrogens is 259 g/mol. The fourth-order valence-corrected chi connectivity index (χ4v) is 1.78. The number of anilines is 2. The van der Waals surface area contributed by atoms with Crippen molar-refractivity contribution in [3.05, 3.63) is 46.3 Å². The highest BCUT2D eigenvalue weighted by Crippen LogP contribution is 2.25. The zero-order valence-corrected chi connectivity index (χ0v) is 10.3. The Morgan fingerprint density at radius 3 is 2.76 bits per heavy atom. The van der Waals surface area contributed by atoms with Crippen molar-refractivity contribution in [2.24, 2.45) is 0 Å². The molecule has 17 heavy (non-hydrogen) atoms. The number of nitrogens with two attached hydrogens (primary N) is 1. The molecule has 0 atom stereocenters. The van der Waals surface area contributed by atoms with Gasteiger partial charge in [-0.05, 0) is 24.3 Å². The predicted octanol–water partition coefficient (Wildman–Crippen LogP) is 2.98. The summed E-state index contributed by atoms with van der Waals surface area (Å²) in [5, 5.41) is 4.27. The Labute approximate surface area is 109 Å². The molecule has 0 bridgehead atoms. The summed E-state index contributed by atoms with van der Waals surface area (Å²) in [5.41, 5.74) is 6.33. The lowest BCUT2D eigenvalue weighted by atomic mass is 10.3. The van der Waals surface area contributed by atoms with E-state index in [1.165, 1.54) is 0 Å². The van der Waals surface area contributed by atoms with Crippen molar-refractivity contribution in [3.63, 3.8) is 0 Å². The molecule has 0 unspecified atom stereocenters. The van der Waals surface area contributed by atoms with E-state index in [9.17, 15) is 0 Å². The van der Waals surface area contributed by atoms with E-state index in [0.717, 1.165) is 5.69 Å². The van der Waals surface area contributed by atoms with Crippen molar-refractivity contribution in [2.75, 3.05) is 11.1 Å². The van der Waals surface area contributed by atoms with Crippen molar-refractivity contribution in [3.8, 4) is 0 Å². The number of nitrogens with zero attached hydrogens (tertiary/aromatic N) is 2. The van der Waals surface area contributed by atoms with E-state index in [1.807, 2.05) is 0 Å². The van der Waals surface area contributed by atoms with Gasteiger partial charge in [0, 0.05) is 11.2 Å². The monoisotopic (exact) mass is 268 g/mol. The fourth-order valence-electron chi connectivity index (χ4n) is 1.31. The maximum Gasteiger partial charge on any atom is 0.149 e. The van der Waals surface area contributed by atoms with Gasteiger partial charge in [-0.2, -0.15) is 0 Å². The van der Waals surface area contributed by atoms with Crippen LogP contribution in [-0.2, 0) is 6.54 Å². The van der Waals surface area contributed by atoms with E-state index in [1.54, 1.807) is 30.5 Å². The highest BCUT2D eigenvalue weighted by Gasteiger charge is 2.02. The van der Waals surface area contributed by atoms with Gasteiger partial charge < -0.3 is 11.1 Å². The summed E-state index contributed by atoms with van der Waals surface area (Å²) in [5.74, 6) is 1.05. The summed E-state index contributed by atoms with van der Waals surface area (Å²) in [7, 11) is 0. The van der Waals surface area contributed by atoms with Crippen LogP contribution in [0.3, 0.4) is 0 Å². The first kappa shape index (κ1) is 12.0. The van der Waals surface area contributed by atoms with Crippen molar-refractivity contribution < 1.29 is 0 Å². The van der Waals surface area contributed by atoms with Crippen molar-refractivity contribution >= 4 is 34.7 Å². The van der Waals surface area contributed by atoms with Gasteiger partial charge >= 0.3 is 0 Å². The third-order valence-corrected chi connectivity index (χ3v) is 2.64. The zero-order valence-electron chi connectivity index (χ0n) is 8.82. The molecule has 0 saturated carbocycles. The first-order chi connectivity index (χ1) is 8.15. The van der Waals surface area contributed by atoms with Gasteiger partial charge in [0.2, 0.25) is 0 Å². The summed E-state index contributed by atoms with van der Waals surface area (Å²) in [6.45, 7) is 0.451. The van der Waals surface area contributed by atoms with E-state index in [4.69, 9.17) is 28.9 Å². The van der Waals surface area contributed by atoms with Crippen molar-refractivity contribution in [2.45, 2.75) is 6.54 Å². The van der Waals surface area contributed by atoms with Crippen LogP contribution in [0.15, 0.2) is 30.5 Å². The molecule has 0 saturated heterocycles. The normalized spacial score (nSPS) is 10.2. The van der Waals surface area contributed by atoms with Crippen LogP contribution in [-0.4, -0.2) is 9.97 Å². The Hall–Kier alpha value is -1.52. The molecule has 6 heteroatoms. The van der Waals surface area contributed by atoms with E-state index < -0.39 is 0 Å². The maximum absolute atomic E-state index is 6.01. The fraction of sp³-hybridized carbons (Fsp3) is 0.0909. The van der Waals surface area contributed by atoms with Crippen LogP contribution in [0.5, 0.6) is 0 Å². The molecule has 0 aliphatic heterocycles. The molecule has 1 aromatic heterocycles. The lowest BCUT2D eigenvalue weighted by molar-refractivity contribution is 0.954. The summed E-state index contributed by atoms with van der Waals surface area (Å²) in [4.78, 5) is 8.15. The number of halogens is 2. The number of benzene rings is 1. The Kier molecular flexibility index (Phi) is 3.66. The van der Waals surface area contributed by atoms with Gasteiger partial charge in [-0.25, -0.2) is 9.97 Å². The quantitative estimate of drug-likeness (QED) is 0.899. The molecule has 2 rings (SSSR count). The zero-order chi connectivity index (χ0) is 12.3. The minimum absolute atomic E-state index is 0.444. The van der Waals surface area contributed by atoms with E-state index in [0.29, 0.717) is 28.2 Å². The molecular formula is C11H10Cl2N4. The van der Waals surface area contributed by atoms with Gasteiger partial charge in [-0.15, -0.1) is 0 Å². The number of rotatable bonds is 3.